The maximum Gasteiger partial charge on any atom is 0.500 e. The van der Waals surface area contributed by atoms with E-state index in [-0.39, 0.29) is 0 Å². The Morgan fingerprint density at radius 3 is 0.356 bits per heavy atom. The lowest BCUT2D eigenvalue weighted by Gasteiger charge is -2.50. The van der Waals surface area contributed by atoms with Gasteiger partial charge in [-0.1, -0.05) is 257 Å². The second kappa shape index (κ2) is 66.4. The molecule has 0 aromatic rings. The summed E-state index contributed by atoms with van der Waals surface area (Å²) >= 11 is 0. The average Bonchev–Trinajstić information content (AvgIpc) is 0.768. The first kappa shape index (κ1) is 103. The molecule has 1 fully saturated rings. The molecule has 1 aliphatic heterocycles. The Kier molecular flexibility index (Phi) is 65.8. The van der Waals surface area contributed by atoms with Gasteiger partial charge in [0.2, 0.25) is 0 Å². The molecule has 0 spiro atoms. The third kappa shape index (κ3) is 51.0. The van der Waals surface area contributed by atoms with Gasteiger partial charge < -0.3 is 69.6 Å². The van der Waals surface area contributed by atoms with Crippen molar-refractivity contribution in [3.05, 3.63) is 0 Å². The Balaban J connectivity index is 3.10. The molecule has 0 unspecified atom stereocenters. The summed E-state index contributed by atoms with van der Waals surface area (Å²) < 4.78 is 105. The molecule has 0 amide bonds. The third-order valence-corrected chi connectivity index (χ3v) is 52.0. The second-order valence-corrected chi connectivity index (χ2v) is 55.7. The van der Waals surface area contributed by atoms with Crippen molar-refractivity contribution in [2.75, 3.05) is 79.3 Å². The van der Waals surface area contributed by atoms with Crippen molar-refractivity contribution in [3.8, 4) is 0 Å². The van der Waals surface area contributed by atoms with Crippen LogP contribution in [0.5, 0.6) is 0 Å². The Morgan fingerprint density at radius 2 is 0.250 bits per heavy atom. The van der Waals surface area contributed by atoms with E-state index in [1.54, 1.807) is 0 Å². The average molecular weight is 1620 g/mol. The van der Waals surface area contributed by atoms with Crippen LogP contribution in [0.2, 0.25) is 74.5 Å². The fourth-order valence-electron chi connectivity index (χ4n) is 15.8. The minimum Gasteiger partial charge on any atom is -0.416 e. The van der Waals surface area contributed by atoms with Crippen LogP contribution >= 0.6 is 0 Å². The van der Waals surface area contributed by atoms with Gasteiger partial charge in [-0.15, -0.1) is 0 Å². The Bertz CT molecular complexity index is 1550. The zero-order chi connectivity index (χ0) is 76.6. The summed E-state index contributed by atoms with van der Waals surface area (Å²) in [6.45, 7) is 42.2. The molecule has 0 atom stereocenters. The zero-order valence-corrected chi connectivity index (χ0v) is 79.8. The van der Waals surface area contributed by atoms with E-state index < -0.39 is 69.5 Å². The molecule has 1 heterocycles. The molecule has 1 saturated heterocycles. The van der Waals surface area contributed by atoms with Gasteiger partial charge in [0.05, 0.1) is 0 Å². The molecular formula is C80H176O16Si8. The third-order valence-electron chi connectivity index (χ3n) is 20.6. The minimum atomic E-state index is -2.68. The minimum absolute atomic E-state index is 0.652. The summed E-state index contributed by atoms with van der Waals surface area (Å²) in [4.78, 5) is 0. The molecule has 0 bridgehead atoms. The standard InChI is InChI=1S/C80H176O16Si8/c1-17-81-101(82-18-2,83-19-3)77-69-61-53-45-37-29-33-41-49-57-65-73-97(13)93-98(14,74-66-58-50-42-34-30-38-46-54-62-70-78-102(84-20-4,85-21-5)86-22-6)95-100(16,76-68-60-52-44-36-32-40-48-56-64-72-80-104(90-26-10,91-27-11)92-28-12)96-99(15,94-97)75-67-59-51-43-35-31-39-47-55-63-71-79-103(87-23-7,88-24-8)89-25-9/h17-80H2,1-16H3. The topological polar surface area (TPSA) is 148 Å². The first-order chi connectivity index (χ1) is 50.4. The SMILES string of the molecule is CCO[Si](CCCCCCCCCCCCC[Si]1(C)O[Si](C)(CCCCCCCCCCCCC[Si](OCC)(OCC)OCC)O[Si](C)(CCCCCCCCCCCCC[Si](OCC)(OCC)OCC)O[Si](C)(CCCCCCCCCCCCC[Si](OCC)(OCC)OCC)O1)(OCC)OCC. The summed E-state index contributed by atoms with van der Waals surface area (Å²) in [5, 5.41) is 0. The molecule has 0 radical (unpaired) electrons. The van der Waals surface area contributed by atoms with E-state index in [1.165, 1.54) is 257 Å². The van der Waals surface area contributed by atoms with Crippen molar-refractivity contribution < 1.29 is 69.6 Å². The predicted molar refractivity (Wildman–Crippen MR) is 455 cm³/mol. The molecule has 1 rings (SSSR count). The fourth-order valence-corrected chi connectivity index (χ4v) is 50.2. The lowest BCUT2D eigenvalue weighted by Crippen LogP contribution is -2.67. The maximum atomic E-state index is 7.84. The molecule has 104 heavy (non-hydrogen) atoms. The van der Waals surface area contributed by atoms with Gasteiger partial charge in [-0.3, -0.25) is 0 Å². The highest BCUT2D eigenvalue weighted by molar-refractivity contribution is 6.94. The Hall–Kier alpha value is 1.10. The summed E-state index contributed by atoms with van der Waals surface area (Å²) in [6, 6.07) is 7.87. The van der Waals surface area contributed by atoms with Crippen LogP contribution in [0.15, 0.2) is 0 Å². The van der Waals surface area contributed by atoms with Gasteiger partial charge in [-0.2, -0.15) is 0 Å². The van der Waals surface area contributed by atoms with Crippen LogP contribution < -0.4 is 0 Å². The molecule has 16 nitrogen and oxygen atoms in total. The molecule has 0 aromatic carbocycles. The normalized spacial score (nSPS) is 19.4. The highest BCUT2D eigenvalue weighted by Gasteiger charge is 2.56. The fraction of sp³-hybridized carbons (Fsp3) is 1.00. The van der Waals surface area contributed by atoms with Crippen molar-refractivity contribution in [1.82, 2.24) is 0 Å². The molecule has 1 aliphatic rings. The summed E-state index contributed by atoms with van der Waals surface area (Å²) in [6.07, 6.45) is 55.7. The number of hydrogen-bond donors (Lipinski definition) is 0. The Labute approximate surface area is 654 Å². The van der Waals surface area contributed by atoms with E-state index >= 15 is 0 Å². The predicted octanol–water partition coefficient (Wildman–Crippen LogP) is 25.7. The van der Waals surface area contributed by atoms with Crippen LogP contribution in [0.1, 0.15) is 366 Å². The number of hydrogen-bond acceptors (Lipinski definition) is 16. The molecular weight excluding hydrogens is 1440 g/mol. The Morgan fingerprint density at radius 1 is 0.154 bits per heavy atom. The largest absolute Gasteiger partial charge is 0.500 e. The molecule has 24 heteroatoms. The van der Waals surface area contributed by atoms with Crippen LogP contribution in [0, 0.1) is 0 Å². The summed E-state index contributed by atoms with van der Waals surface area (Å²) in [5.74, 6) is 0. The molecule has 0 aromatic heterocycles. The van der Waals surface area contributed by atoms with Crippen LogP contribution in [-0.4, -0.2) is 149 Å². The highest BCUT2D eigenvalue weighted by atomic mass is 28.5. The van der Waals surface area contributed by atoms with E-state index in [2.05, 4.69) is 109 Å². The van der Waals surface area contributed by atoms with Crippen molar-refractivity contribution in [2.24, 2.45) is 0 Å². The van der Waals surface area contributed by atoms with Gasteiger partial charge >= 0.3 is 69.5 Å². The van der Waals surface area contributed by atoms with Crippen molar-refractivity contribution in [2.45, 2.75) is 440 Å². The highest BCUT2D eigenvalue weighted by Crippen LogP contribution is 2.40. The number of unbranched alkanes of at least 4 members (excludes halogenated alkanes) is 40. The number of rotatable bonds is 80. The van der Waals surface area contributed by atoms with Crippen molar-refractivity contribution >= 4 is 69.5 Å². The van der Waals surface area contributed by atoms with Gasteiger partial charge in [0.1, 0.15) is 0 Å². The van der Waals surface area contributed by atoms with Crippen molar-refractivity contribution in [3.63, 3.8) is 0 Å². The lowest BCUT2D eigenvalue weighted by molar-refractivity contribution is 0.0698. The molecule has 624 valence electrons. The van der Waals surface area contributed by atoms with Gasteiger partial charge in [-0.05, 0) is 159 Å². The van der Waals surface area contributed by atoms with Gasteiger partial charge in [0, 0.05) is 103 Å². The van der Waals surface area contributed by atoms with Gasteiger partial charge in [0.25, 0.3) is 0 Å². The molecule has 0 N–H and O–H groups in total. The van der Waals surface area contributed by atoms with Gasteiger partial charge in [-0.25, -0.2) is 0 Å². The molecule has 0 aliphatic carbocycles. The maximum absolute atomic E-state index is 7.84. The first-order valence-electron chi connectivity index (χ1n) is 44.9. The van der Waals surface area contributed by atoms with E-state index in [9.17, 15) is 0 Å². The summed E-state index contributed by atoms with van der Waals surface area (Å²) in [7, 11) is -20.9. The zero-order valence-electron chi connectivity index (χ0n) is 71.8. The van der Waals surface area contributed by atoms with Crippen LogP contribution in [0.25, 0.3) is 0 Å². The van der Waals surface area contributed by atoms with E-state index in [1.807, 2.05) is 0 Å². The van der Waals surface area contributed by atoms with Crippen LogP contribution in [0.3, 0.4) is 0 Å². The monoisotopic (exact) mass is 1620 g/mol. The van der Waals surface area contributed by atoms with E-state index in [0.717, 1.165) is 74.0 Å². The van der Waals surface area contributed by atoms with Crippen molar-refractivity contribution in [1.29, 1.82) is 0 Å². The lowest BCUT2D eigenvalue weighted by atomic mass is 10.1. The van der Waals surface area contributed by atoms with Crippen LogP contribution in [-0.2, 0) is 69.6 Å². The second-order valence-electron chi connectivity index (χ2n) is 30.4. The summed E-state index contributed by atoms with van der Waals surface area (Å²) in [5.41, 5.74) is 0. The van der Waals surface area contributed by atoms with E-state index in [4.69, 9.17) is 69.6 Å². The van der Waals surface area contributed by atoms with Crippen LogP contribution in [0.4, 0.5) is 0 Å². The quantitative estimate of drug-likeness (QED) is 0.0420. The first-order valence-corrected chi connectivity index (χ1v) is 62.7. The van der Waals surface area contributed by atoms with Gasteiger partial charge in [0.15, 0.2) is 0 Å². The smallest absolute Gasteiger partial charge is 0.416 e. The molecule has 0 saturated carbocycles. The van der Waals surface area contributed by atoms with E-state index in [0.29, 0.717) is 79.3 Å².